The number of aryl methyl sites for hydroxylation is 1. The summed E-state index contributed by atoms with van der Waals surface area (Å²) in [5, 5.41) is 12.2. The van der Waals surface area contributed by atoms with Gasteiger partial charge in [-0.3, -0.25) is 4.79 Å². The molecule has 1 amide bonds. The van der Waals surface area contributed by atoms with Gasteiger partial charge in [0.1, 0.15) is 17.2 Å². The Bertz CT molecular complexity index is 808. The highest BCUT2D eigenvalue weighted by Crippen LogP contribution is 2.23. The van der Waals surface area contributed by atoms with E-state index in [1.54, 1.807) is 6.92 Å². The van der Waals surface area contributed by atoms with Crippen LogP contribution in [0.4, 0.5) is 0 Å². The molecule has 0 aliphatic heterocycles. The zero-order valence-electron chi connectivity index (χ0n) is 12.8. The van der Waals surface area contributed by atoms with Gasteiger partial charge in [-0.1, -0.05) is 30.0 Å². The summed E-state index contributed by atoms with van der Waals surface area (Å²) in [6.45, 7) is 3.64. The summed E-state index contributed by atoms with van der Waals surface area (Å²) in [7, 11) is 0. The van der Waals surface area contributed by atoms with Crippen molar-refractivity contribution in [3.05, 3.63) is 41.9 Å². The van der Waals surface area contributed by atoms with Crippen molar-refractivity contribution in [3.8, 4) is 0 Å². The fraction of sp³-hybridized carbons (Fsp3) is 0.267. The van der Waals surface area contributed by atoms with Crippen molar-refractivity contribution in [1.82, 2.24) is 20.2 Å². The molecule has 7 nitrogen and oxygen atoms in total. The number of nitrogen functional groups attached to an aromatic ring is 1. The van der Waals surface area contributed by atoms with E-state index in [-0.39, 0.29) is 17.7 Å². The van der Waals surface area contributed by atoms with E-state index < -0.39 is 0 Å². The molecule has 3 N–H and O–H groups in total. The average Bonchev–Trinajstić information content (AvgIpc) is 3.10. The van der Waals surface area contributed by atoms with Crippen molar-refractivity contribution < 1.29 is 9.21 Å². The summed E-state index contributed by atoms with van der Waals surface area (Å²) in [5.74, 6) is 7.16. The molecular formula is C15H17N5O2S. The van der Waals surface area contributed by atoms with E-state index in [9.17, 15) is 4.79 Å². The number of fused-ring (bicyclic) bond motifs is 1. The lowest BCUT2D eigenvalue weighted by Crippen LogP contribution is -2.28. The maximum atomic E-state index is 12.1. The predicted molar refractivity (Wildman–Crippen MR) is 88.4 cm³/mol. The number of hydrogen-bond donors (Lipinski definition) is 2. The van der Waals surface area contributed by atoms with Crippen molar-refractivity contribution in [3.63, 3.8) is 0 Å². The van der Waals surface area contributed by atoms with E-state index in [1.807, 2.05) is 37.3 Å². The molecule has 3 rings (SSSR count). The van der Waals surface area contributed by atoms with Crippen LogP contribution in [0.5, 0.6) is 0 Å². The number of amides is 1. The quantitative estimate of drug-likeness (QED) is 0.548. The van der Waals surface area contributed by atoms with E-state index in [4.69, 9.17) is 10.3 Å². The smallest absolute Gasteiger partial charge is 0.231 e. The molecule has 2 aromatic heterocycles. The van der Waals surface area contributed by atoms with Crippen molar-refractivity contribution in [2.75, 3.05) is 11.6 Å². The van der Waals surface area contributed by atoms with Crippen LogP contribution in [-0.2, 0) is 4.79 Å². The van der Waals surface area contributed by atoms with Gasteiger partial charge in [-0.25, -0.2) is 4.68 Å². The first kappa shape index (κ1) is 15.4. The first-order valence-corrected chi connectivity index (χ1v) is 8.11. The Kier molecular flexibility index (Phi) is 4.24. The molecule has 0 aliphatic carbocycles. The Balaban J connectivity index is 1.59. The van der Waals surface area contributed by atoms with Gasteiger partial charge >= 0.3 is 0 Å². The molecule has 23 heavy (non-hydrogen) atoms. The van der Waals surface area contributed by atoms with Crippen LogP contribution in [0.25, 0.3) is 11.0 Å². The normalized spacial score (nSPS) is 12.4. The Hall–Kier alpha value is -2.48. The maximum absolute atomic E-state index is 12.1. The highest BCUT2D eigenvalue weighted by Gasteiger charge is 2.15. The van der Waals surface area contributed by atoms with Crippen LogP contribution in [0.3, 0.4) is 0 Å². The van der Waals surface area contributed by atoms with E-state index in [0.717, 1.165) is 16.7 Å². The van der Waals surface area contributed by atoms with Crippen LogP contribution in [0.15, 0.2) is 39.9 Å². The number of nitrogens with one attached hydrogen (secondary N) is 1. The summed E-state index contributed by atoms with van der Waals surface area (Å²) in [5.41, 5.74) is 0.810. The van der Waals surface area contributed by atoms with Gasteiger partial charge in [-0.2, -0.15) is 0 Å². The molecule has 0 aliphatic rings. The van der Waals surface area contributed by atoms with Gasteiger partial charge in [0.2, 0.25) is 11.1 Å². The number of nitrogens with zero attached hydrogens (tertiary/aromatic N) is 3. The third kappa shape index (κ3) is 3.31. The fourth-order valence-electron chi connectivity index (χ4n) is 2.15. The third-order valence-corrected chi connectivity index (χ3v) is 4.36. The van der Waals surface area contributed by atoms with E-state index >= 15 is 0 Å². The van der Waals surface area contributed by atoms with Gasteiger partial charge in [-0.05, 0) is 26.0 Å². The van der Waals surface area contributed by atoms with Crippen LogP contribution in [-0.4, -0.2) is 26.5 Å². The number of thioether (sulfide) groups is 1. The zero-order valence-corrected chi connectivity index (χ0v) is 13.6. The highest BCUT2D eigenvalue weighted by atomic mass is 32.2. The van der Waals surface area contributed by atoms with Gasteiger partial charge in [0.15, 0.2) is 0 Å². The molecule has 3 aromatic rings. The average molecular weight is 331 g/mol. The van der Waals surface area contributed by atoms with Crippen LogP contribution >= 0.6 is 11.8 Å². The number of hydrogen-bond acceptors (Lipinski definition) is 6. The second-order valence-corrected chi connectivity index (χ2v) is 6.11. The molecule has 1 aromatic carbocycles. The summed E-state index contributed by atoms with van der Waals surface area (Å²) in [6.07, 6.45) is 0. The number of benzene rings is 1. The van der Waals surface area contributed by atoms with Crippen molar-refractivity contribution in [2.45, 2.75) is 25.0 Å². The molecule has 0 bridgehead atoms. The van der Waals surface area contributed by atoms with Crippen LogP contribution in [0.1, 0.15) is 24.6 Å². The van der Waals surface area contributed by atoms with Crippen LogP contribution in [0, 0.1) is 6.92 Å². The Morgan fingerprint density at radius 2 is 2.22 bits per heavy atom. The Morgan fingerprint density at radius 1 is 1.43 bits per heavy atom. The molecule has 0 saturated heterocycles. The molecule has 1 atom stereocenters. The number of furan rings is 1. The minimum Gasteiger partial charge on any atom is -0.459 e. The summed E-state index contributed by atoms with van der Waals surface area (Å²) >= 11 is 1.24. The van der Waals surface area contributed by atoms with E-state index in [2.05, 4.69) is 15.5 Å². The summed E-state index contributed by atoms with van der Waals surface area (Å²) < 4.78 is 7.11. The first-order valence-electron chi connectivity index (χ1n) is 7.12. The predicted octanol–water partition coefficient (Wildman–Crippen LogP) is 2.02. The fourth-order valence-corrected chi connectivity index (χ4v) is 2.86. The van der Waals surface area contributed by atoms with Gasteiger partial charge < -0.3 is 15.6 Å². The van der Waals surface area contributed by atoms with E-state index in [1.165, 1.54) is 16.4 Å². The topological polar surface area (TPSA) is 99.0 Å². The lowest BCUT2D eigenvalue weighted by atomic mass is 10.2. The lowest BCUT2D eigenvalue weighted by Gasteiger charge is -2.10. The zero-order chi connectivity index (χ0) is 16.4. The van der Waals surface area contributed by atoms with Gasteiger partial charge in [-0.15, -0.1) is 10.2 Å². The van der Waals surface area contributed by atoms with Crippen LogP contribution in [0.2, 0.25) is 0 Å². The monoisotopic (exact) mass is 331 g/mol. The largest absolute Gasteiger partial charge is 0.459 e. The number of carbonyl (C=O) groups is 1. The second kappa shape index (κ2) is 6.33. The number of carbonyl (C=O) groups excluding carboxylic acids is 1. The minimum atomic E-state index is -0.215. The highest BCUT2D eigenvalue weighted by molar-refractivity contribution is 7.99. The molecule has 2 heterocycles. The molecule has 8 heteroatoms. The summed E-state index contributed by atoms with van der Waals surface area (Å²) in [6, 6.07) is 9.47. The van der Waals surface area contributed by atoms with Gasteiger partial charge in [0, 0.05) is 5.39 Å². The number of aromatic nitrogens is 3. The first-order chi connectivity index (χ1) is 11.0. The number of nitrogens with two attached hydrogens (primary N) is 1. The Labute approximate surface area is 137 Å². The SMILES string of the molecule is Cc1nnc(SCC(=O)N[C@H](C)c2cc3ccccc3o2)n1N. The summed E-state index contributed by atoms with van der Waals surface area (Å²) in [4.78, 5) is 12.1. The van der Waals surface area contributed by atoms with Gasteiger partial charge in [0.05, 0.1) is 11.8 Å². The molecule has 120 valence electrons. The standard InChI is InChI=1S/C15H17N5O2S/c1-9(13-7-11-5-3-4-6-12(11)22-13)17-14(21)8-23-15-19-18-10(2)20(15)16/h3-7,9H,8,16H2,1-2H3,(H,17,21)/t9-/m1/s1. The third-order valence-electron chi connectivity index (χ3n) is 3.42. The molecule has 0 saturated carbocycles. The van der Waals surface area contributed by atoms with E-state index in [0.29, 0.717) is 11.0 Å². The van der Waals surface area contributed by atoms with Gasteiger partial charge in [0.25, 0.3) is 0 Å². The second-order valence-electron chi connectivity index (χ2n) is 5.16. The number of rotatable bonds is 5. The maximum Gasteiger partial charge on any atom is 0.231 e. The minimum absolute atomic E-state index is 0.122. The lowest BCUT2D eigenvalue weighted by molar-refractivity contribution is -0.119. The Morgan fingerprint density at radius 3 is 2.91 bits per heavy atom. The molecule has 0 spiro atoms. The van der Waals surface area contributed by atoms with Crippen LogP contribution < -0.4 is 11.2 Å². The number of para-hydroxylation sites is 1. The molecule has 0 unspecified atom stereocenters. The molecule has 0 fully saturated rings. The van der Waals surface area contributed by atoms with Crippen molar-refractivity contribution in [1.29, 1.82) is 0 Å². The van der Waals surface area contributed by atoms with Crippen molar-refractivity contribution in [2.24, 2.45) is 0 Å². The molecular weight excluding hydrogens is 314 g/mol. The van der Waals surface area contributed by atoms with Crippen molar-refractivity contribution >= 4 is 28.6 Å². The molecule has 0 radical (unpaired) electrons.